The van der Waals surface area contributed by atoms with E-state index in [1.54, 1.807) is 25.3 Å². The maximum absolute atomic E-state index is 11.9. The first kappa shape index (κ1) is 16.2. The van der Waals surface area contributed by atoms with Crippen LogP contribution in [-0.4, -0.2) is 26.1 Å². The summed E-state index contributed by atoms with van der Waals surface area (Å²) >= 11 is 3.37. The lowest BCUT2D eigenvalue weighted by Gasteiger charge is -2.10. The summed E-state index contributed by atoms with van der Waals surface area (Å²) in [6, 6.07) is 5.29. The van der Waals surface area contributed by atoms with Crippen LogP contribution >= 0.6 is 15.9 Å². The predicted octanol–water partition coefficient (Wildman–Crippen LogP) is 4.09. The Morgan fingerprint density at radius 2 is 2.16 bits per heavy atom. The van der Waals surface area contributed by atoms with Gasteiger partial charge in [-0.1, -0.05) is 20.3 Å². The summed E-state index contributed by atoms with van der Waals surface area (Å²) in [5.74, 6) is 1.21. The minimum atomic E-state index is -0.00736. The van der Waals surface area contributed by atoms with Gasteiger partial charge in [0.15, 0.2) is 5.78 Å². The Kier molecular flexibility index (Phi) is 7.10. The minimum Gasteiger partial charge on any atom is -0.496 e. The van der Waals surface area contributed by atoms with Crippen molar-refractivity contribution < 1.29 is 14.3 Å². The molecule has 0 aliphatic carbocycles. The van der Waals surface area contributed by atoms with Crippen LogP contribution in [0.1, 0.15) is 37.0 Å². The third-order valence-electron chi connectivity index (χ3n) is 2.89. The van der Waals surface area contributed by atoms with Crippen molar-refractivity contribution in [3.63, 3.8) is 0 Å². The van der Waals surface area contributed by atoms with E-state index in [-0.39, 0.29) is 12.4 Å². The normalized spacial score (nSPS) is 12.2. The Morgan fingerprint density at radius 1 is 1.42 bits per heavy atom. The first-order valence-electron chi connectivity index (χ1n) is 6.53. The average Bonchev–Trinajstić information content (AvgIpc) is 2.38. The summed E-state index contributed by atoms with van der Waals surface area (Å²) in [6.07, 6.45) is 2.27. The van der Waals surface area contributed by atoms with E-state index in [4.69, 9.17) is 9.47 Å². The van der Waals surface area contributed by atoms with Crippen LogP contribution in [-0.2, 0) is 4.74 Å². The molecule has 1 aromatic rings. The molecule has 0 radical (unpaired) electrons. The van der Waals surface area contributed by atoms with Crippen LogP contribution in [0.5, 0.6) is 5.75 Å². The van der Waals surface area contributed by atoms with Gasteiger partial charge in [-0.3, -0.25) is 4.79 Å². The van der Waals surface area contributed by atoms with Crippen LogP contribution in [0.2, 0.25) is 0 Å². The van der Waals surface area contributed by atoms with Gasteiger partial charge in [0, 0.05) is 12.2 Å². The molecule has 0 heterocycles. The average molecular weight is 329 g/mol. The van der Waals surface area contributed by atoms with Crippen LogP contribution < -0.4 is 4.74 Å². The van der Waals surface area contributed by atoms with Gasteiger partial charge in [-0.05, 0) is 46.5 Å². The molecule has 0 aliphatic heterocycles. The lowest BCUT2D eigenvalue weighted by molar-refractivity contribution is 0.0683. The molecule has 1 rings (SSSR count). The number of ether oxygens (including phenoxy) is 2. The quantitative estimate of drug-likeness (QED) is 0.674. The van der Waals surface area contributed by atoms with E-state index in [2.05, 4.69) is 29.8 Å². The van der Waals surface area contributed by atoms with Crippen molar-refractivity contribution in [3.05, 3.63) is 28.2 Å². The van der Waals surface area contributed by atoms with Crippen molar-refractivity contribution in [1.29, 1.82) is 0 Å². The molecular weight excluding hydrogens is 308 g/mol. The molecule has 0 N–H and O–H groups in total. The second-order valence-electron chi connectivity index (χ2n) is 4.68. The molecule has 3 nitrogen and oxygen atoms in total. The molecule has 1 atom stereocenters. The number of halogens is 1. The van der Waals surface area contributed by atoms with Gasteiger partial charge in [0.1, 0.15) is 12.4 Å². The second kappa shape index (κ2) is 8.33. The molecule has 0 aromatic heterocycles. The van der Waals surface area contributed by atoms with E-state index in [1.807, 2.05) is 0 Å². The summed E-state index contributed by atoms with van der Waals surface area (Å²) in [7, 11) is 1.60. The highest BCUT2D eigenvalue weighted by Crippen LogP contribution is 2.25. The fourth-order valence-electron chi connectivity index (χ4n) is 1.85. The van der Waals surface area contributed by atoms with E-state index >= 15 is 0 Å². The Balaban J connectivity index is 2.47. The van der Waals surface area contributed by atoms with Gasteiger partial charge in [-0.25, -0.2) is 0 Å². The van der Waals surface area contributed by atoms with Crippen LogP contribution in [0.3, 0.4) is 0 Å². The second-order valence-corrected chi connectivity index (χ2v) is 5.54. The zero-order valence-electron chi connectivity index (χ0n) is 11.7. The van der Waals surface area contributed by atoms with Gasteiger partial charge in [-0.15, -0.1) is 0 Å². The fourth-order valence-corrected chi connectivity index (χ4v) is 2.39. The molecule has 0 aliphatic rings. The summed E-state index contributed by atoms with van der Waals surface area (Å²) in [4.78, 5) is 11.9. The number of carbonyl (C=O) groups excluding carboxylic acids is 1. The van der Waals surface area contributed by atoms with E-state index in [9.17, 15) is 4.79 Å². The number of ketones is 1. The van der Waals surface area contributed by atoms with Gasteiger partial charge >= 0.3 is 0 Å². The number of benzene rings is 1. The highest BCUT2D eigenvalue weighted by Gasteiger charge is 2.10. The maximum Gasteiger partial charge on any atom is 0.188 e. The third kappa shape index (κ3) is 5.33. The molecule has 4 heteroatoms. The predicted molar refractivity (Wildman–Crippen MR) is 79.9 cm³/mol. The summed E-state index contributed by atoms with van der Waals surface area (Å²) in [5, 5.41) is 0. The molecule has 0 bridgehead atoms. The summed E-state index contributed by atoms with van der Waals surface area (Å²) in [6.45, 7) is 5.05. The smallest absolute Gasteiger partial charge is 0.188 e. The van der Waals surface area contributed by atoms with Gasteiger partial charge in [0.05, 0.1) is 11.6 Å². The van der Waals surface area contributed by atoms with Crippen molar-refractivity contribution in [2.45, 2.75) is 26.7 Å². The summed E-state index contributed by atoms with van der Waals surface area (Å²) < 4.78 is 11.4. The minimum absolute atomic E-state index is 0.00736. The van der Waals surface area contributed by atoms with E-state index < -0.39 is 0 Å². The first-order valence-corrected chi connectivity index (χ1v) is 7.32. The monoisotopic (exact) mass is 328 g/mol. The van der Waals surface area contributed by atoms with Crippen molar-refractivity contribution in [1.82, 2.24) is 0 Å². The van der Waals surface area contributed by atoms with Gasteiger partial charge in [0.25, 0.3) is 0 Å². The van der Waals surface area contributed by atoms with Crippen molar-refractivity contribution in [2.75, 3.05) is 20.3 Å². The standard InChI is InChI=1S/C15H21BrO3/c1-4-5-11(2)9-19-10-14(17)12-6-7-15(18-3)13(16)8-12/h6-8,11H,4-5,9-10H2,1-3H3. The lowest BCUT2D eigenvalue weighted by atomic mass is 10.1. The molecule has 0 spiro atoms. The Morgan fingerprint density at radius 3 is 2.74 bits per heavy atom. The molecule has 106 valence electrons. The Labute approximate surface area is 123 Å². The number of carbonyl (C=O) groups is 1. The molecule has 0 amide bonds. The molecule has 1 aromatic carbocycles. The first-order chi connectivity index (χ1) is 9.08. The SMILES string of the molecule is CCCC(C)COCC(=O)c1ccc(OC)c(Br)c1. The highest BCUT2D eigenvalue weighted by molar-refractivity contribution is 9.10. The molecule has 0 fully saturated rings. The highest BCUT2D eigenvalue weighted by atomic mass is 79.9. The van der Waals surface area contributed by atoms with Crippen molar-refractivity contribution in [3.8, 4) is 5.75 Å². The third-order valence-corrected chi connectivity index (χ3v) is 3.51. The number of methoxy groups -OCH3 is 1. The Hall–Kier alpha value is -0.870. The van der Waals surface area contributed by atoms with Gasteiger partial charge < -0.3 is 9.47 Å². The summed E-state index contributed by atoms with van der Waals surface area (Å²) in [5.41, 5.74) is 0.635. The molecule has 0 saturated heterocycles. The van der Waals surface area contributed by atoms with Gasteiger partial charge in [0.2, 0.25) is 0 Å². The zero-order valence-corrected chi connectivity index (χ0v) is 13.3. The molecule has 19 heavy (non-hydrogen) atoms. The Bertz CT molecular complexity index is 418. The maximum atomic E-state index is 11.9. The van der Waals surface area contributed by atoms with E-state index in [0.29, 0.717) is 23.8 Å². The van der Waals surface area contributed by atoms with Crippen molar-refractivity contribution >= 4 is 21.7 Å². The van der Waals surface area contributed by atoms with E-state index in [1.165, 1.54) is 0 Å². The number of hydrogen-bond donors (Lipinski definition) is 0. The zero-order chi connectivity index (χ0) is 14.3. The van der Waals surface area contributed by atoms with E-state index in [0.717, 1.165) is 17.3 Å². The number of Topliss-reactive ketones (excluding diaryl/α,β-unsaturated/α-hetero) is 1. The molecule has 0 saturated carbocycles. The van der Waals surface area contributed by atoms with Crippen LogP contribution in [0.15, 0.2) is 22.7 Å². The fraction of sp³-hybridized carbons (Fsp3) is 0.533. The molecular formula is C15H21BrO3. The topological polar surface area (TPSA) is 35.5 Å². The van der Waals surface area contributed by atoms with Gasteiger partial charge in [-0.2, -0.15) is 0 Å². The van der Waals surface area contributed by atoms with Crippen LogP contribution in [0.4, 0.5) is 0 Å². The lowest BCUT2D eigenvalue weighted by Crippen LogP contribution is -2.13. The van der Waals surface area contributed by atoms with Crippen LogP contribution in [0, 0.1) is 5.92 Å². The largest absolute Gasteiger partial charge is 0.496 e. The molecule has 1 unspecified atom stereocenters. The van der Waals surface area contributed by atoms with Crippen molar-refractivity contribution in [2.24, 2.45) is 5.92 Å². The number of rotatable bonds is 8. The van der Waals surface area contributed by atoms with Crippen LogP contribution in [0.25, 0.3) is 0 Å². The number of hydrogen-bond acceptors (Lipinski definition) is 3.